The van der Waals surface area contributed by atoms with Gasteiger partial charge in [0, 0.05) is 36.0 Å². The number of thiazole rings is 1. The van der Waals surface area contributed by atoms with Crippen molar-refractivity contribution in [2.75, 3.05) is 31.6 Å². The summed E-state index contributed by atoms with van der Waals surface area (Å²) in [5, 5.41) is 3.78. The van der Waals surface area contributed by atoms with E-state index in [1.54, 1.807) is 11.8 Å². The van der Waals surface area contributed by atoms with Crippen molar-refractivity contribution >= 4 is 50.1 Å². The molecule has 0 spiro atoms. The van der Waals surface area contributed by atoms with Gasteiger partial charge in [0.05, 0.1) is 29.7 Å². The zero-order chi connectivity index (χ0) is 23.6. The zero-order valence-electron chi connectivity index (χ0n) is 18.1. The minimum atomic E-state index is -3.71. The van der Waals surface area contributed by atoms with Gasteiger partial charge < -0.3 is 15.0 Å². The molecule has 2 amide bonds. The number of nitrogens with zero attached hydrogens (tertiary/aromatic N) is 3. The molecule has 1 saturated heterocycles. The number of ether oxygens (including phenoxy) is 1. The summed E-state index contributed by atoms with van der Waals surface area (Å²) in [5.74, 6) is -0.725. The van der Waals surface area contributed by atoms with Crippen LogP contribution in [0.4, 0.5) is 9.93 Å². The molecule has 1 N–H and O–H groups in total. The van der Waals surface area contributed by atoms with Crippen LogP contribution in [0.25, 0.3) is 0 Å². The minimum absolute atomic E-state index is 0.110. The normalized spacial score (nSPS) is 19.1. The summed E-state index contributed by atoms with van der Waals surface area (Å²) in [4.78, 5) is 32.1. The standard InChI is InChI=1S/C21H25ClN4O5S2/c1-2-31-21(28)25-11-9-17-18(13-25)32-20(23-17)24-19(27)14-4-3-10-26(12-14)33(29,30)16-7-5-15(22)6-8-16/h5-8,14H,2-4,9-13H2,1H3,(H,23,24,27). The van der Waals surface area contributed by atoms with Crippen molar-refractivity contribution in [3.63, 3.8) is 0 Å². The maximum Gasteiger partial charge on any atom is 0.410 e. The van der Waals surface area contributed by atoms with E-state index >= 15 is 0 Å². The third-order valence-corrected chi connectivity index (χ3v) is 8.82. The van der Waals surface area contributed by atoms with Crippen molar-refractivity contribution in [3.8, 4) is 0 Å². The Kier molecular flexibility index (Phi) is 7.22. The smallest absolute Gasteiger partial charge is 0.410 e. The van der Waals surface area contributed by atoms with Crippen molar-refractivity contribution < 1.29 is 22.7 Å². The Bertz CT molecular complexity index is 1140. The molecule has 0 bridgehead atoms. The number of piperidine rings is 1. The Labute approximate surface area is 201 Å². The van der Waals surface area contributed by atoms with Gasteiger partial charge in [-0.15, -0.1) is 0 Å². The summed E-state index contributed by atoms with van der Waals surface area (Å²) in [7, 11) is -3.71. The molecule has 1 aromatic carbocycles. The molecular formula is C21H25ClN4O5S2. The fraction of sp³-hybridized carbons (Fsp3) is 0.476. The number of rotatable bonds is 5. The first-order valence-electron chi connectivity index (χ1n) is 10.7. The lowest BCUT2D eigenvalue weighted by Crippen LogP contribution is -2.43. The van der Waals surface area contributed by atoms with Crippen LogP contribution in [0.1, 0.15) is 30.3 Å². The monoisotopic (exact) mass is 512 g/mol. The first-order valence-corrected chi connectivity index (χ1v) is 13.4. The SMILES string of the molecule is CCOC(=O)N1CCc2nc(NC(=O)C3CCCN(S(=O)(=O)c4ccc(Cl)cc4)C3)sc2C1. The van der Waals surface area contributed by atoms with Crippen LogP contribution in [0.15, 0.2) is 29.2 Å². The lowest BCUT2D eigenvalue weighted by atomic mass is 9.99. The number of nitrogens with one attached hydrogen (secondary N) is 1. The number of aromatic nitrogens is 1. The number of carbonyl (C=O) groups excluding carboxylic acids is 2. The van der Waals surface area contributed by atoms with Crippen LogP contribution in [0, 0.1) is 5.92 Å². The number of hydrogen-bond acceptors (Lipinski definition) is 7. The molecule has 0 radical (unpaired) electrons. The number of hydrogen-bond donors (Lipinski definition) is 1. The molecule has 1 aromatic heterocycles. The van der Waals surface area contributed by atoms with Gasteiger partial charge in [-0.05, 0) is 44.0 Å². The molecule has 33 heavy (non-hydrogen) atoms. The van der Waals surface area contributed by atoms with Gasteiger partial charge in [-0.3, -0.25) is 4.79 Å². The highest BCUT2D eigenvalue weighted by Crippen LogP contribution is 2.30. The second kappa shape index (κ2) is 9.96. The molecule has 1 atom stereocenters. The fourth-order valence-corrected chi connectivity index (χ4v) is 6.63. The van der Waals surface area contributed by atoms with E-state index in [-0.39, 0.29) is 23.4 Å². The van der Waals surface area contributed by atoms with E-state index in [4.69, 9.17) is 16.3 Å². The predicted octanol–water partition coefficient (Wildman–Crippen LogP) is 3.35. The Hall–Kier alpha value is -2.21. The number of anilines is 1. The van der Waals surface area contributed by atoms with Gasteiger partial charge in [0.25, 0.3) is 0 Å². The van der Waals surface area contributed by atoms with Crippen LogP contribution in [-0.2, 0) is 32.5 Å². The highest BCUT2D eigenvalue weighted by atomic mass is 35.5. The number of amides is 2. The first-order chi connectivity index (χ1) is 15.8. The molecule has 1 fully saturated rings. The molecule has 9 nitrogen and oxygen atoms in total. The van der Waals surface area contributed by atoms with Gasteiger partial charge in [0.15, 0.2) is 5.13 Å². The average Bonchev–Trinajstić information content (AvgIpc) is 3.21. The van der Waals surface area contributed by atoms with Gasteiger partial charge >= 0.3 is 6.09 Å². The maximum atomic E-state index is 13.0. The Morgan fingerprint density at radius 3 is 2.76 bits per heavy atom. The highest BCUT2D eigenvalue weighted by Gasteiger charge is 2.34. The molecular weight excluding hydrogens is 488 g/mol. The Morgan fingerprint density at radius 1 is 1.27 bits per heavy atom. The molecule has 3 heterocycles. The maximum absolute atomic E-state index is 13.0. The lowest BCUT2D eigenvalue weighted by molar-refractivity contribution is -0.120. The van der Waals surface area contributed by atoms with E-state index in [9.17, 15) is 18.0 Å². The third-order valence-electron chi connectivity index (χ3n) is 5.69. The second-order valence-corrected chi connectivity index (χ2v) is 11.4. The number of halogens is 1. The Morgan fingerprint density at radius 2 is 2.03 bits per heavy atom. The van der Waals surface area contributed by atoms with E-state index in [1.165, 1.54) is 39.9 Å². The molecule has 0 saturated carbocycles. The van der Waals surface area contributed by atoms with Crippen molar-refractivity contribution in [1.82, 2.24) is 14.2 Å². The summed E-state index contributed by atoms with van der Waals surface area (Å²) >= 11 is 7.21. The van der Waals surface area contributed by atoms with Crippen LogP contribution in [0.3, 0.4) is 0 Å². The predicted molar refractivity (Wildman–Crippen MR) is 125 cm³/mol. The second-order valence-electron chi connectivity index (χ2n) is 7.90. The minimum Gasteiger partial charge on any atom is -0.450 e. The quantitative estimate of drug-likeness (QED) is 0.658. The highest BCUT2D eigenvalue weighted by molar-refractivity contribution is 7.89. The fourth-order valence-electron chi connectivity index (χ4n) is 3.96. The summed E-state index contributed by atoms with van der Waals surface area (Å²) < 4.78 is 32.4. The summed E-state index contributed by atoms with van der Waals surface area (Å²) in [6, 6.07) is 6.02. The van der Waals surface area contributed by atoms with Crippen molar-refractivity contribution in [2.45, 2.75) is 37.6 Å². The van der Waals surface area contributed by atoms with Crippen LogP contribution in [0.2, 0.25) is 5.02 Å². The molecule has 2 aliphatic rings. The van der Waals surface area contributed by atoms with Crippen molar-refractivity contribution in [1.29, 1.82) is 0 Å². The molecule has 12 heteroatoms. The van der Waals surface area contributed by atoms with Gasteiger partial charge in [0.2, 0.25) is 15.9 Å². The van der Waals surface area contributed by atoms with Crippen LogP contribution in [-0.4, -0.2) is 60.8 Å². The topological polar surface area (TPSA) is 109 Å². The lowest BCUT2D eigenvalue weighted by Gasteiger charge is -2.31. The van der Waals surface area contributed by atoms with E-state index in [0.717, 1.165) is 10.6 Å². The van der Waals surface area contributed by atoms with Gasteiger partial charge in [0.1, 0.15) is 0 Å². The van der Waals surface area contributed by atoms with Crippen molar-refractivity contribution in [3.05, 3.63) is 39.9 Å². The summed E-state index contributed by atoms with van der Waals surface area (Å²) in [6.45, 7) is 3.48. The molecule has 2 aliphatic heterocycles. The van der Waals surface area contributed by atoms with Gasteiger partial charge in [-0.1, -0.05) is 22.9 Å². The first kappa shape index (κ1) is 23.9. The molecule has 0 aliphatic carbocycles. The largest absolute Gasteiger partial charge is 0.450 e. The van der Waals surface area contributed by atoms with Crippen molar-refractivity contribution in [2.24, 2.45) is 5.92 Å². The van der Waals surface area contributed by atoms with Gasteiger partial charge in [-0.2, -0.15) is 4.31 Å². The molecule has 1 unspecified atom stereocenters. The molecule has 178 valence electrons. The van der Waals surface area contributed by atoms with Crippen LogP contribution < -0.4 is 5.32 Å². The Balaban J connectivity index is 1.40. The van der Waals surface area contributed by atoms with E-state index < -0.39 is 15.9 Å². The van der Waals surface area contributed by atoms with Crippen LogP contribution in [0.5, 0.6) is 0 Å². The van der Waals surface area contributed by atoms with Gasteiger partial charge in [-0.25, -0.2) is 18.2 Å². The zero-order valence-corrected chi connectivity index (χ0v) is 20.5. The number of sulfonamides is 1. The van der Waals surface area contributed by atoms with E-state index in [2.05, 4.69) is 10.3 Å². The van der Waals surface area contributed by atoms with E-state index in [1.807, 2.05) is 0 Å². The molecule has 2 aromatic rings. The number of fused-ring (bicyclic) bond motifs is 1. The van der Waals surface area contributed by atoms with Crippen LogP contribution >= 0.6 is 22.9 Å². The average molecular weight is 513 g/mol. The summed E-state index contributed by atoms with van der Waals surface area (Å²) in [5.41, 5.74) is 0.867. The molecule has 4 rings (SSSR count). The third kappa shape index (κ3) is 5.32. The number of carbonyl (C=O) groups is 2. The van der Waals surface area contributed by atoms with E-state index in [0.29, 0.717) is 55.7 Å². The summed E-state index contributed by atoms with van der Waals surface area (Å²) in [6.07, 6.45) is 1.43. The number of benzene rings is 1.